The molecule has 8 aliphatic rings. The molecule has 5 fully saturated rings. The van der Waals surface area contributed by atoms with E-state index in [0.29, 0.717) is 0 Å². The zero-order chi connectivity index (χ0) is 59.7. The first kappa shape index (κ1) is 68.2. The summed E-state index contributed by atoms with van der Waals surface area (Å²) in [4.78, 5) is 14.7. The summed E-state index contributed by atoms with van der Waals surface area (Å²) in [5.41, 5.74) is 16.8. The average Bonchev–Trinajstić information content (AvgIpc) is 4.01. The molecule has 86 heavy (non-hydrogen) atoms. The van der Waals surface area contributed by atoms with Gasteiger partial charge < -0.3 is 36.8 Å². The van der Waals surface area contributed by atoms with E-state index in [1.54, 1.807) is 0 Å². The molecule has 13 rings (SSSR count). The van der Waals surface area contributed by atoms with Gasteiger partial charge in [0.15, 0.2) is 0 Å². The van der Waals surface area contributed by atoms with Crippen molar-refractivity contribution in [1.29, 1.82) is 0 Å². The molecule has 5 aromatic rings. The van der Waals surface area contributed by atoms with Crippen molar-refractivity contribution >= 4 is 64.4 Å². The topological polar surface area (TPSA) is 19.4 Å². The Morgan fingerprint density at radius 1 is 0.419 bits per heavy atom. The summed E-state index contributed by atoms with van der Waals surface area (Å²) >= 11 is -3.50. The van der Waals surface area contributed by atoms with Crippen LogP contribution in [0.1, 0.15) is 184 Å². The van der Waals surface area contributed by atoms with Crippen molar-refractivity contribution in [1.82, 2.24) is 19.6 Å². The molecule has 0 unspecified atom stereocenters. The molecular weight excluding hydrogens is 1320 g/mol. The molecule has 0 amide bonds. The van der Waals surface area contributed by atoms with E-state index < -0.39 is 27.0 Å². The third-order valence-corrected chi connectivity index (χ3v) is 23.0. The molecule has 4 saturated carbocycles. The number of fused-ring (bicyclic) bond motifs is 1. The minimum absolute atomic E-state index is 0. The number of rotatable bonds is 8. The summed E-state index contributed by atoms with van der Waals surface area (Å²) in [5.74, 6) is 0. The Hall–Kier alpha value is -3.73. The van der Waals surface area contributed by atoms with Crippen LogP contribution in [-0.4, -0.2) is 65.6 Å². The Balaban J connectivity index is 0.000000142. The molecule has 12 heteroatoms. The van der Waals surface area contributed by atoms with Crippen molar-refractivity contribution in [3.8, 4) is 0 Å². The fourth-order valence-corrected chi connectivity index (χ4v) is 18.3. The van der Waals surface area contributed by atoms with Gasteiger partial charge in [-0.2, -0.15) is 20.0 Å². The number of hydrogen-bond donors (Lipinski definition) is 0. The van der Waals surface area contributed by atoms with Gasteiger partial charge >= 0.3 is 193 Å². The summed E-state index contributed by atoms with van der Waals surface area (Å²) < 4.78 is 3.05. The molecule has 5 aromatic carbocycles. The number of aryl methyl sites for hydroxylation is 6. The number of allylic oxidation sites excluding steroid dienone is 1. The summed E-state index contributed by atoms with van der Waals surface area (Å²) in [6.45, 7) is 22.3. The van der Waals surface area contributed by atoms with E-state index >= 15 is 0 Å². The summed E-state index contributed by atoms with van der Waals surface area (Å²) in [6, 6.07) is 40.8. The van der Waals surface area contributed by atoms with Crippen LogP contribution < -0.4 is 9.80 Å². The zero-order valence-electron chi connectivity index (χ0n) is 52.4. The molecular formula is C74H96Cl4N6Ru2-4. The first-order chi connectivity index (χ1) is 41.3. The molecule has 470 valence electrons. The van der Waals surface area contributed by atoms with E-state index in [1.807, 2.05) is 59.2 Å². The predicted octanol–water partition coefficient (Wildman–Crippen LogP) is 20.5. The van der Waals surface area contributed by atoms with Crippen LogP contribution in [0.2, 0.25) is 0 Å². The van der Waals surface area contributed by atoms with Crippen LogP contribution >= 0.6 is 38.8 Å². The molecule has 0 N–H and O–H groups in total. The van der Waals surface area contributed by atoms with Crippen LogP contribution in [-0.2, 0) is 27.0 Å². The van der Waals surface area contributed by atoms with Crippen molar-refractivity contribution in [3.05, 3.63) is 223 Å². The van der Waals surface area contributed by atoms with Crippen LogP contribution in [0.4, 0.5) is 11.4 Å². The van der Waals surface area contributed by atoms with E-state index in [-0.39, 0.29) is 7.43 Å². The second-order valence-electron chi connectivity index (χ2n) is 24.5. The van der Waals surface area contributed by atoms with Crippen LogP contribution in [0, 0.1) is 69.0 Å². The fourth-order valence-electron chi connectivity index (χ4n) is 14.0. The third kappa shape index (κ3) is 19.2. The summed E-state index contributed by atoms with van der Waals surface area (Å²) in [6.07, 6.45) is 39.7. The van der Waals surface area contributed by atoms with Gasteiger partial charge in [-0.25, -0.2) is 0 Å². The van der Waals surface area contributed by atoms with Crippen LogP contribution in [0.25, 0.3) is 5.57 Å². The maximum absolute atomic E-state index is 6.19. The minimum atomic E-state index is -1.88. The Bertz CT molecular complexity index is 2860. The Morgan fingerprint density at radius 2 is 0.756 bits per heavy atom. The van der Waals surface area contributed by atoms with E-state index in [2.05, 4.69) is 176 Å². The number of nitrogens with zero attached hydrogens (tertiary/aromatic N) is 6. The number of halogens is 4. The van der Waals surface area contributed by atoms with Crippen molar-refractivity contribution in [2.24, 2.45) is 0 Å². The number of anilines is 2. The van der Waals surface area contributed by atoms with Crippen molar-refractivity contribution < 1.29 is 27.0 Å². The molecule has 1 saturated heterocycles. The maximum atomic E-state index is 6.19. The standard InChI is InChI=1S/C21H27N2.2C15H25N2.C15H10.C7H6.CH3.4ClH.2Ru/c1-14-9-16(3)20(17(4)10-14)22-7-8-23(13-22)21-18(5)11-15(2)12-19(21)6;2*1-3-7-14(8-4-1)16-11-12-17(13-16)15-9-5-2-6-10-15;1-2-6-12(7-3-1)15-11-10-13-8-4-5-9-14(13)15;1-7-5-3-2-4-6-7;;;;;;;/h9-13H,7-8H2,1-6H3;2*11-15H,1-10H2;1-9,11H;1-6H;1H3;4*1H;;/q3*-1;;;-1;;;;;2*+2/p-4. The Morgan fingerprint density at radius 3 is 1.10 bits per heavy atom. The number of hydrogen-bond acceptors (Lipinski definition) is 6. The first-order valence-corrected chi connectivity index (χ1v) is 42.4. The Kier molecular flexibility index (Phi) is 27.3. The van der Waals surface area contributed by atoms with Crippen molar-refractivity contribution in [3.63, 3.8) is 0 Å². The van der Waals surface area contributed by atoms with Crippen LogP contribution in [0.3, 0.4) is 0 Å². The molecule has 5 aliphatic carbocycles. The molecule has 0 aromatic heterocycles. The van der Waals surface area contributed by atoms with Crippen molar-refractivity contribution in [2.75, 3.05) is 22.9 Å². The molecule has 6 nitrogen and oxygen atoms in total. The normalized spacial score (nSPS) is 19.2. The quantitative estimate of drug-likeness (QED) is 0.113. The monoisotopic (exact) mass is 1410 g/mol. The summed E-state index contributed by atoms with van der Waals surface area (Å²) in [5, 5.41) is 0. The van der Waals surface area contributed by atoms with Crippen LogP contribution in [0.15, 0.2) is 140 Å². The van der Waals surface area contributed by atoms with Crippen molar-refractivity contribution in [2.45, 2.75) is 194 Å². The molecule has 0 radical (unpaired) electrons. The van der Waals surface area contributed by atoms with Gasteiger partial charge in [0.1, 0.15) is 0 Å². The van der Waals surface area contributed by atoms with Gasteiger partial charge in [0.05, 0.1) is 0 Å². The Labute approximate surface area is 546 Å². The number of benzene rings is 5. The fraction of sp³-hybridized carbons (Fsp3) is 0.432. The van der Waals surface area contributed by atoms with Crippen LogP contribution in [0.5, 0.6) is 0 Å². The van der Waals surface area contributed by atoms with E-state index in [9.17, 15) is 0 Å². The second-order valence-corrected chi connectivity index (χ2v) is 36.0. The molecule has 0 atom stereocenters. The molecule has 3 aliphatic heterocycles. The molecule has 0 bridgehead atoms. The summed E-state index contributed by atoms with van der Waals surface area (Å²) in [7, 11) is 23.7. The SMILES string of the molecule is C1=CN(C2CCCCC2)[CH-]N1C1CCCCC1.C1=CN(C2CCCCC2)[CH-]N1C1CCCCC1.Cc1cc(C)c(N2[CH-]N(c3c(C)cc(C)cc3C)CC2)c(C)c1.[CH3-].[Cl][Ru]([Cl])=[CH]c1ccccc1.[Cl][Ru]([Cl])=[C]1C=C(c2ccccc2)c2ccccc21. The molecule has 0 spiro atoms. The van der Waals surface area contributed by atoms with E-state index in [1.165, 1.54) is 195 Å². The predicted molar refractivity (Wildman–Crippen MR) is 368 cm³/mol. The van der Waals surface area contributed by atoms with Gasteiger partial charge in [0.2, 0.25) is 0 Å². The molecule has 3 heterocycles. The van der Waals surface area contributed by atoms with Gasteiger partial charge in [0.25, 0.3) is 0 Å². The van der Waals surface area contributed by atoms with Gasteiger partial charge in [-0.05, 0) is 140 Å². The zero-order valence-corrected chi connectivity index (χ0v) is 58.9. The van der Waals surface area contributed by atoms with Gasteiger partial charge in [0, 0.05) is 48.6 Å². The second kappa shape index (κ2) is 34.5. The van der Waals surface area contributed by atoms with Gasteiger partial charge in [-0.3, -0.25) is 0 Å². The van der Waals surface area contributed by atoms with Gasteiger partial charge in [-0.15, -0.1) is 0 Å². The third-order valence-electron chi connectivity index (χ3n) is 18.0. The van der Waals surface area contributed by atoms with E-state index in [0.717, 1.165) is 46.9 Å². The first-order valence-electron chi connectivity index (χ1n) is 31.6. The van der Waals surface area contributed by atoms with E-state index in [4.69, 9.17) is 38.8 Å². The average molecular weight is 1410 g/mol. The van der Waals surface area contributed by atoms with Gasteiger partial charge in [-0.1, -0.05) is 112 Å².